The molecule has 88 valence electrons. The van der Waals surface area contributed by atoms with E-state index in [2.05, 4.69) is 26.1 Å². The molecule has 3 nitrogen and oxygen atoms in total. The number of nitrogens with zero attached hydrogens (tertiary/aromatic N) is 1. The van der Waals surface area contributed by atoms with Crippen LogP contribution in [0.5, 0.6) is 0 Å². The molecule has 1 aliphatic heterocycles. The van der Waals surface area contributed by atoms with Crippen molar-refractivity contribution in [1.29, 1.82) is 0 Å². The summed E-state index contributed by atoms with van der Waals surface area (Å²) in [6.07, 6.45) is 2.74. The summed E-state index contributed by atoms with van der Waals surface area (Å²) in [6.45, 7) is 8.53. The van der Waals surface area contributed by atoms with Gasteiger partial charge in [0.2, 0.25) is 5.91 Å². The summed E-state index contributed by atoms with van der Waals surface area (Å²) < 4.78 is 0. The Morgan fingerprint density at radius 2 is 2.13 bits per heavy atom. The Labute approximate surface area is 93.2 Å². The van der Waals surface area contributed by atoms with Crippen LogP contribution in [0.1, 0.15) is 40.0 Å². The zero-order valence-corrected chi connectivity index (χ0v) is 10.5. The summed E-state index contributed by atoms with van der Waals surface area (Å²) in [7, 11) is 1.93. The molecule has 3 heteroatoms. The largest absolute Gasteiger partial charge is 0.341 e. The van der Waals surface area contributed by atoms with E-state index in [0.29, 0.717) is 18.4 Å². The fraction of sp³-hybridized carbons (Fsp3) is 0.917. The summed E-state index contributed by atoms with van der Waals surface area (Å²) in [6, 6.07) is 0.414. The molecule has 0 spiro atoms. The van der Waals surface area contributed by atoms with Crippen molar-refractivity contribution in [3.8, 4) is 0 Å². The van der Waals surface area contributed by atoms with Crippen LogP contribution in [0, 0.1) is 5.41 Å². The number of amides is 1. The van der Waals surface area contributed by atoms with Crippen LogP contribution in [0.4, 0.5) is 0 Å². The van der Waals surface area contributed by atoms with Gasteiger partial charge in [0.05, 0.1) is 0 Å². The van der Waals surface area contributed by atoms with Crippen molar-refractivity contribution in [3.63, 3.8) is 0 Å². The van der Waals surface area contributed by atoms with E-state index in [9.17, 15) is 4.79 Å². The van der Waals surface area contributed by atoms with Crippen molar-refractivity contribution in [2.75, 3.05) is 20.1 Å². The Morgan fingerprint density at radius 1 is 1.47 bits per heavy atom. The second-order valence-electron chi connectivity index (χ2n) is 5.71. The average Bonchev–Trinajstić information content (AvgIpc) is 2.64. The maximum Gasteiger partial charge on any atom is 0.222 e. The van der Waals surface area contributed by atoms with Crippen LogP contribution in [0.3, 0.4) is 0 Å². The van der Waals surface area contributed by atoms with Gasteiger partial charge >= 0.3 is 0 Å². The highest BCUT2D eigenvalue weighted by Crippen LogP contribution is 2.21. The van der Waals surface area contributed by atoms with Gasteiger partial charge in [0.1, 0.15) is 0 Å². The number of rotatable bonds is 3. The molecule has 0 saturated carbocycles. The van der Waals surface area contributed by atoms with E-state index in [1.807, 2.05) is 11.9 Å². The molecule has 1 amide bonds. The first-order chi connectivity index (χ1) is 6.90. The number of carbonyl (C=O) groups excluding carboxylic acids is 1. The predicted molar refractivity (Wildman–Crippen MR) is 62.7 cm³/mol. The van der Waals surface area contributed by atoms with Crippen LogP contribution >= 0.6 is 0 Å². The van der Waals surface area contributed by atoms with E-state index < -0.39 is 0 Å². The van der Waals surface area contributed by atoms with Crippen LogP contribution in [-0.4, -0.2) is 37.0 Å². The lowest BCUT2D eigenvalue weighted by molar-refractivity contribution is -0.132. The highest BCUT2D eigenvalue weighted by Gasteiger charge is 2.23. The van der Waals surface area contributed by atoms with Crippen molar-refractivity contribution < 1.29 is 4.79 Å². The second kappa shape index (κ2) is 4.97. The minimum Gasteiger partial charge on any atom is -0.341 e. The number of hydrogen-bond acceptors (Lipinski definition) is 2. The van der Waals surface area contributed by atoms with E-state index in [1.165, 1.54) is 0 Å². The molecule has 1 unspecified atom stereocenters. The molecule has 1 N–H and O–H groups in total. The lowest BCUT2D eigenvalue weighted by atomic mass is 9.90. The molecular weight excluding hydrogens is 188 g/mol. The topological polar surface area (TPSA) is 32.3 Å². The van der Waals surface area contributed by atoms with Crippen molar-refractivity contribution in [3.05, 3.63) is 0 Å². The molecule has 1 heterocycles. The first kappa shape index (κ1) is 12.5. The van der Waals surface area contributed by atoms with Crippen molar-refractivity contribution in [1.82, 2.24) is 10.2 Å². The fourth-order valence-corrected chi connectivity index (χ4v) is 1.83. The molecule has 1 atom stereocenters. The normalized spacial score (nSPS) is 21.7. The summed E-state index contributed by atoms with van der Waals surface area (Å²) in [5.41, 5.74) is 0.254. The highest BCUT2D eigenvalue weighted by atomic mass is 16.2. The smallest absolute Gasteiger partial charge is 0.222 e. The van der Waals surface area contributed by atoms with Gasteiger partial charge in [-0.15, -0.1) is 0 Å². The quantitative estimate of drug-likeness (QED) is 0.771. The average molecular weight is 212 g/mol. The Kier molecular flexibility index (Phi) is 4.14. The van der Waals surface area contributed by atoms with Crippen LogP contribution in [0.15, 0.2) is 0 Å². The zero-order chi connectivity index (χ0) is 11.5. The number of hydrogen-bond donors (Lipinski definition) is 1. The zero-order valence-electron chi connectivity index (χ0n) is 10.5. The van der Waals surface area contributed by atoms with Crippen molar-refractivity contribution in [2.45, 2.75) is 46.1 Å². The Morgan fingerprint density at radius 3 is 2.60 bits per heavy atom. The summed E-state index contributed by atoms with van der Waals surface area (Å²) in [5.74, 6) is 0.290. The molecule has 0 aromatic heterocycles. The molecular formula is C12H24N2O. The molecule has 1 fully saturated rings. The summed E-state index contributed by atoms with van der Waals surface area (Å²) in [5, 5.41) is 3.29. The highest BCUT2D eigenvalue weighted by molar-refractivity contribution is 5.76. The van der Waals surface area contributed by atoms with Crippen molar-refractivity contribution >= 4 is 5.91 Å². The molecule has 1 aliphatic rings. The Balaban J connectivity index is 2.32. The monoisotopic (exact) mass is 212 g/mol. The SMILES string of the molecule is CN(C(=O)CCC(C)(C)C)C1CCNC1. The summed E-state index contributed by atoms with van der Waals surface area (Å²) in [4.78, 5) is 13.8. The lowest BCUT2D eigenvalue weighted by Gasteiger charge is -2.25. The first-order valence-corrected chi connectivity index (χ1v) is 5.86. The first-order valence-electron chi connectivity index (χ1n) is 5.86. The third-order valence-corrected chi connectivity index (χ3v) is 3.06. The van der Waals surface area contributed by atoms with Gasteiger partial charge in [0.15, 0.2) is 0 Å². The van der Waals surface area contributed by atoms with Gasteiger partial charge in [-0.3, -0.25) is 4.79 Å². The summed E-state index contributed by atoms with van der Waals surface area (Å²) >= 11 is 0. The van der Waals surface area contributed by atoms with Gasteiger partial charge in [-0.1, -0.05) is 20.8 Å². The van der Waals surface area contributed by atoms with Gasteiger partial charge in [-0.05, 0) is 24.8 Å². The van der Waals surface area contributed by atoms with E-state index in [-0.39, 0.29) is 5.41 Å². The number of carbonyl (C=O) groups is 1. The maximum absolute atomic E-state index is 11.9. The number of nitrogens with one attached hydrogen (secondary N) is 1. The minimum atomic E-state index is 0.254. The van der Waals surface area contributed by atoms with E-state index in [1.54, 1.807) is 0 Å². The van der Waals surface area contributed by atoms with Crippen LogP contribution in [0.25, 0.3) is 0 Å². The van der Waals surface area contributed by atoms with E-state index in [4.69, 9.17) is 0 Å². The Hall–Kier alpha value is -0.570. The molecule has 0 aliphatic carbocycles. The molecule has 1 saturated heterocycles. The Bertz CT molecular complexity index is 214. The molecule has 1 rings (SSSR count). The molecule has 15 heavy (non-hydrogen) atoms. The van der Waals surface area contributed by atoms with E-state index in [0.717, 1.165) is 25.9 Å². The minimum absolute atomic E-state index is 0.254. The van der Waals surface area contributed by atoms with Gasteiger partial charge in [0, 0.05) is 26.1 Å². The van der Waals surface area contributed by atoms with Crippen LogP contribution in [-0.2, 0) is 4.79 Å². The van der Waals surface area contributed by atoms with Crippen LogP contribution < -0.4 is 5.32 Å². The third kappa shape index (κ3) is 4.20. The van der Waals surface area contributed by atoms with E-state index >= 15 is 0 Å². The van der Waals surface area contributed by atoms with Crippen LogP contribution in [0.2, 0.25) is 0 Å². The maximum atomic E-state index is 11.9. The van der Waals surface area contributed by atoms with Gasteiger partial charge in [-0.2, -0.15) is 0 Å². The second-order valence-corrected chi connectivity index (χ2v) is 5.71. The van der Waals surface area contributed by atoms with Gasteiger partial charge < -0.3 is 10.2 Å². The predicted octanol–water partition coefficient (Wildman–Crippen LogP) is 1.63. The standard InChI is InChI=1S/C12H24N2O/c1-12(2,3)7-5-11(15)14(4)10-6-8-13-9-10/h10,13H,5-9H2,1-4H3. The number of likely N-dealkylation sites (N-methyl/N-ethyl adjacent to an activating group) is 1. The fourth-order valence-electron chi connectivity index (χ4n) is 1.83. The molecule has 0 aromatic carbocycles. The molecule has 0 aromatic rings. The lowest BCUT2D eigenvalue weighted by Crippen LogP contribution is -2.38. The van der Waals surface area contributed by atoms with Gasteiger partial charge in [-0.25, -0.2) is 0 Å². The van der Waals surface area contributed by atoms with Gasteiger partial charge in [0.25, 0.3) is 0 Å². The van der Waals surface area contributed by atoms with Crippen molar-refractivity contribution in [2.24, 2.45) is 5.41 Å². The molecule has 0 radical (unpaired) electrons. The molecule has 0 bridgehead atoms. The third-order valence-electron chi connectivity index (χ3n) is 3.06.